The average molecular weight is 301 g/mol. The van der Waals surface area contributed by atoms with Crippen molar-refractivity contribution >= 4 is 0 Å². The Bertz CT molecular complexity index is 447. The maximum Gasteiger partial charge on any atom is 0.389 e. The second kappa shape index (κ2) is 7.27. The van der Waals surface area contributed by atoms with Crippen molar-refractivity contribution in [3.8, 4) is 0 Å². The molecule has 0 fully saturated rings. The number of fused-ring (bicyclic) bond motifs is 1. The highest BCUT2D eigenvalue weighted by atomic mass is 19.4. The van der Waals surface area contributed by atoms with E-state index in [4.69, 9.17) is 4.74 Å². The number of aryl methyl sites for hydroxylation is 1. The molecule has 0 spiro atoms. The van der Waals surface area contributed by atoms with Crippen molar-refractivity contribution in [1.29, 1.82) is 0 Å². The van der Waals surface area contributed by atoms with E-state index in [0.717, 1.165) is 19.4 Å². The standard InChI is InChI=1S/C16H22F3NO/c1-2-20-15-13-7-4-3-6-12(13)8-9-14(15)21-11-5-10-16(17,18)19/h3-4,6-7,14-15,20H,2,5,8-11H2,1H3. The van der Waals surface area contributed by atoms with Crippen molar-refractivity contribution < 1.29 is 17.9 Å². The normalized spacial score (nSPS) is 22.1. The van der Waals surface area contributed by atoms with E-state index in [0.29, 0.717) is 0 Å². The first-order valence-electron chi connectivity index (χ1n) is 7.51. The van der Waals surface area contributed by atoms with Gasteiger partial charge in [-0.3, -0.25) is 0 Å². The van der Waals surface area contributed by atoms with Crippen molar-refractivity contribution in [3.63, 3.8) is 0 Å². The van der Waals surface area contributed by atoms with Crippen LogP contribution in [0.5, 0.6) is 0 Å². The molecule has 21 heavy (non-hydrogen) atoms. The minimum absolute atomic E-state index is 0.0283. The van der Waals surface area contributed by atoms with Gasteiger partial charge in [-0.05, 0) is 36.9 Å². The van der Waals surface area contributed by atoms with Crippen LogP contribution in [0.15, 0.2) is 24.3 Å². The largest absolute Gasteiger partial charge is 0.389 e. The zero-order chi connectivity index (χ0) is 15.3. The monoisotopic (exact) mass is 301 g/mol. The van der Waals surface area contributed by atoms with E-state index < -0.39 is 12.6 Å². The SMILES string of the molecule is CCNC1c2ccccc2CCC1OCCCC(F)(F)F. The number of likely N-dealkylation sites (N-methyl/N-ethyl adjacent to an activating group) is 1. The molecule has 0 saturated heterocycles. The summed E-state index contributed by atoms with van der Waals surface area (Å²) < 4.78 is 42.2. The van der Waals surface area contributed by atoms with Crippen LogP contribution in [-0.4, -0.2) is 25.4 Å². The van der Waals surface area contributed by atoms with Gasteiger partial charge in [-0.25, -0.2) is 0 Å². The first kappa shape index (κ1) is 16.3. The highest BCUT2D eigenvalue weighted by Gasteiger charge is 2.30. The van der Waals surface area contributed by atoms with Gasteiger partial charge in [-0.1, -0.05) is 31.2 Å². The first-order chi connectivity index (χ1) is 10.0. The maximum absolute atomic E-state index is 12.1. The van der Waals surface area contributed by atoms with E-state index in [1.165, 1.54) is 11.1 Å². The van der Waals surface area contributed by atoms with Crippen molar-refractivity contribution in [1.82, 2.24) is 5.32 Å². The van der Waals surface area contributed by atoms with E-state index in [1.807, 2.05) is 19.1 Å². The predicted molar refractivity (Wildman–Crippen MR) is 76.2 cm³/mol. The third kappa shape index (κ3) is 4.71. The number of rotatable bonds is 6. The Morgan fingerprint density at radius 1 is 1.29 bits per heavy atom. The second-order valence-electron chi connectivity index (χ2n) is 5.40. The molecule has 2 unspecified atom stereocenters. The molecule has 0 saturated carbocycles. The molecule has 2 nitrogen and oxygen atoms in total. The van der Waals surface area contributed by atoms with E-state index in [9.17, 15) is 13.2 Å². The molecule has 0 amide bonds. The average Bonchev–Trinajstić information content (AvgIpc) is 2.44. The summed E-state index contributed by atoms with van der Waals surface area (Å²) in [6, 6.07) is 8.28. The Hall–Kier alpha value is -1.07. The van der Waals surface area contributed by atoms with Crippen LogP contribution >= 0.6 is 0 Å². The lowest BCUT2D eigenvalue weighted by Crippen LogP contribution is -2.38. The van der Waals surface area contributed by atoms with Crippen LogP contribution in [0.1, 0.15) is 43.4 Å². The minimum Gasteiger partial charge on any atom is -0.376 e. The summed E-state index contributed by atoms with van der Waals surface area (Å²) >= 11 is 0. The number of hydrogen-bond donors (Lipinski definition) is 1. The summed E-state index contributed by atoms with van der Waals surface area (Å²) in [4.78, 5) is 0. The van der Waals surface area contributed by atoms with Gasteiger partial charge in [-0.15, -0.1) is 0 Å². The molecule has 1 aromatic carbocycles. The van der Waals surface area contributed by atoms with E-state index >= 15 is 0 Å². The molecule has 1 aliphatic rings. The highest BCUT2D eigenvalue weighted by Crippen LogP contribution is 2.32. The lowest BCUT2D eigenvalue weighted by atomic mass is 9.85. The van der Waals surface area contributed by atoms with Gasteiger partial charge in [0.1, 0.15) is 0 Å². The van der Waals surface area contributed by atoms with Crippen LogP contribution in [0.3, 0.4) is 0 Å². The Morgan fingerprint density at radius 3 is 2.76 bits per heavy atom. The third-order valence-electron chi connectivity index (χ3n) is 3.82. The molecular formula is C16H22F3NO. The molecule has 1 N–H and O–H groups in total. The van der Waals surface area contributed by atoms with Crippen LogP contribution in [0.2, 0.25) is 0 Å². The van der Waals surface area contributed by atoms with Gasteiger partial charge in [0, 0.05) is 13.0 Å². The number of ether oxygens (including phenoxy) is 1. The van der Waals surface area contributed by atoms with E-state index in [1.54, 1.807) is 0 Å². The van der Waals surface area contributed by atoms with Gasteiger partial charge in [0.25, 0.3) is 0 Å². The molecule has 1 aromatic rings. The summed E-state index contributed by atoms with van der Waals surface area (Å²) in [6.45, 7) is 2.99. The van der Waals surface area contributed by atoms with Crippen LogP contribution in [-0.2, 0) is 11.2 Å². The molecule has 0 bridgehead atoms. The highest BCUT2D eigenvalue weighted by molar-refractivity contribution is 5.33. The molecule has 0 heterocycles. The lowest BCUT2D eigenvalue weighted by molar-refractivity contribution is -0.139. The maximum atomic E-state index is 12.1. The number of alkyl halides is 3. The first-order valence-corrected chi connectivity index (χ1v) is 7.51. The quantitative estimate of drug-likeness (QED) is 0.802. The number of nitrogens with one attached hydrogen (secondary N) is 1. The summed E-state index contributed by atoms with van der Waals surface area (Å²) in [6.07, 6.45) is -3.12. The van der Waals surface area contributed by atoms with Crippen molar-refractivity contribution in [3.05, 3.63) is 35.4 Å². The fraction of sp³-hybridized carbons (Fsp3) is 0.625. The van der Waals surface area contributed by atoms with Crippen LogP contribution < -0.4 is 5.32 Å². The Morgan fingerprint density at radius 2 is 2.05 bits per heavy atom. The number of halogens is 3. The molecule has 2 rings (SSSR count). The molecule has 0 radical (unpaired) electrons. The number of hydrogen-bond acceptors (Lipinski definition) is 2. The fourth-order valence-electron chi connectivity index (χ4n) is 2.88. The van der Waals surface area contributed by atoms with E-state index in [-0.39, 0.29) is 25.2 Å². The Kier molecular flexibility index (Phi) is 5.65. The van der Waals surface area contributed by atoms with Gasteiger partial charge in [0.15, 0.2) is 0 Å². The summed E-state index contributed by atoms with van der Waals surface area (Å²) in [5.74, 6) is 0. The smallest absolute Gasteiger partial charge is 0.376 e. The van der Waals surface area contributed by atoms with E-state index in [2.05, 4.69) is 17.4 Å². The van der Waals surface area contributed by atoms with Crippen LogP contribution in [0, 0.1) is 0 Å². The van der Waals surface area contributed by atoms with Gasteiger partial charge >= 0.3 is 6.18 Å². The van der Waals surface area contributed by atoms with Gasteiger partial charge in [0.05, 0.1) is 12.1 Å². The molecule has 5 heteroatoms. The fourth-order valence-corrected chi connectivity index (χ4v) is 2.88. The van der Waals surface area contributed by atoms with Gasteiger partial charge in [0.2, 0.25) is 0 Å². The van der Waals surface area contributed by atoms with Gasteiger partial charge < -0.3 is 10.1 Å². The summed E-state index contributed by atoms with van der Waals surface area (Å²) in [5.41, 5.74) is 2.52. The zero-order valence-corrected chi connectivity index (χ0v) is 12.2. The lowest BCUT2D eigenvalue weighted by Gasteiger charge is -2.34. The van der Waals surface area contributed by atoms with Crippen LogP contribution in [0.4, 0.5) is 13.2 Å². The molecular weight excluding hydrogens is 279 g/mol. The molecule has 0 aromatic heterocycles. The molecule has 118 valence electrons. The summed E-state index contributed by atoms with van der Waals surface area (Å²) in [7, 11) is 0. The topological polar surface area (TPSA) is 21.3 Å². The predicted octanol–water partition coefficient (Wildman–Crippen LogP) is 4.01. The second-order valence-corrected chi connectivity index (χ2v) is 5.40. The zero-order valence-electron chi connectivity index (χ0n) is 12.2. The van der Waals surface area contributed by atoms with Crippen molar-refractivity contribution in [2.75, 3.05) is 13.2 Å². The minimum atomic E-state index is -4.09. The third-order valence-corrected chi connectivity index (χ3v) is 3.82. The van der Waals surface area contributed by atoms with Crippen LogP contribution in [0.25, 0.3) is 0 Å². The molecule has 1 aliphatic carbocycles. The van der Waals surface area contributed by atoms with Gasteiger partial charge in [-0.2, -0.15) is 13.2 Å². The number of benzene rings is 1. The van der Waals surface area contributed by atoms with Crippen molar-refractivity contribution in [2.24, 2.45) is 0 Å². The Labute approximate surface area is 123 Å². The Balaban J connectivity index is 1.93. The molecule has 0 aliphatic heterocycles. The van der Waals surface area contributed by atoms with Crippen molar-refractivity contribution in [2.45, 2.75) is 50.9 Å². The molecule has 2 atom stereocenters. The summed E-state index contributed by atoms with van der Waals surface area (Å²) in [5, 5.41) is 3.40.